The fourth-order valence-electron chi connectivity index (χ4n) is 13.0. The molecule has 0 radical (unpaired) electrons. The minimum absolute atomic E-state index is 0.0350. The van der Waals surface area contributed by atoms with Gasteiger partial charge in [0.2, 0.25) is 70.9 Å². The van der Waals surface area contributed by atoms with Gasteiger partial charge in [-0.2, -0.15) is 0 Å². The number of carbonyl (C=O) groups excluding carboxylic acids is 14. The maximum Gasteiger partial charge on any atom is 0.329 e. The zero-order valence-electron chi connectivity index (χ0n) is 65.5. The molecule has 0 unspecified atom stereocenters. The van der Waals surface area contributed by atoms with E-state index in [2.05, 4.69) is 70.7 Å². The third kappa shape index (κ3) is 25.9. The molecule has 15 N–H and O–H groups in total. The number of nitrogens with zero attached hydrogens (tertiary/aromatic N) is 1. The van der Waals surface area contributed by atoms with Crippen molar-refractivity contribution in [2.24, 2.45) is 59.0 Å². The van der Waals surface area contributed by atoms with Crippen molar-refractivity contribution in [3.63, 3.8) is 0 Å². The van der Waals surface area contributed by atoms with E-state index < -0.39 is 203 Å². The van der Waals surface area contributed by atoms with Crippen molar-refractivity contribution in [2.45, 2.75) is 280 Å². The number of esters is 1. The number of nitrogens with one attached hydrogen (secondary N) is 12. The minimum atomic E-state index is -1.83. The monoisotopic (exact) mass is 1490 g/mol. The average Bonchev–Trinajstić information content (AvgIpc) is 1.33. The number of cyclic esters (lactones) is 1. The standard InChI is InChI=1S/C76H124N14O16/c1-19-44(15)59(72(101)89-62-47(18)106-76(105)58(42(12)13)85-64(93)50(21-3)78-66(95)52(37-48-27-23-22-24-28-48)80-68(97)54(38(4)5)82-71(100)60(45(16)20-2)87-74(62)103)86-65(94)51(29-25-35-77)79-67(96)53-30-26-36-90(53)75(104)57(41(10)11)84-69(98)56(40(8)9)83-73(102)61(46(17)91)88-70(99)55(39(6)7)81-63(92)49-33-31-43(14)32-34-49/h21-24,27-28,38-47,49,51-62,91H,19-20,25-26,29-37,77H2,1-18H3,(H,78,95)(H,79,96)(H,80,97)(H,81,92)(H,82,100)(H,83,102)(H,84,98)(H,85,93)(H,86,94)(H,87,103)(H,88,99)(H,89,101)/b50-21-/t43?,44-,45-,46-,47+,49?,51+,52+,53-,54-,55-,56+,57-,58+,59-,60-,61+,62-/m1/s1. The first kappa shape index (κ1) is 89.9. The zero-order valence-corrected chi connectivity index (χ0v) is 65.5. The number of aliphatic hydroxyl groups excluding tert-OH is 1. The van der Waals surface area contributed by atoms with Gasteiger partial charge >= 0.3 is 5.97 Å². The van der Waals surface area contributed by atoms with Crippen molar-refractivity contribution in [3.05, 3.63) is 47.7 Å². The number of nitrogens with two attached hydrogens (primary N) is 1. The van der Waals surface area contributed by atoms with Crippen molar-refractivity contribution in [1.29, 1.82) is 0 Å². The van der Waals surface area contributed by atoms with E-state index in [1.54, 1.807) is 127 Å². The number of likely N-dealkylation sites (tertiary alicyclic amines) is 1. The second-order valence-electron chi connectivity index (χ2n) is 30.8. The van der Waals surface area contributed by atoms with E-state index in [0.29, 0.717) is 37.2 Å². The number of aliphatic hydroxyl groups is 1. The fraction of sp³-hybridized carbons (Fsp3) is 0.711. The first-order valence-electron chi connectivity index (χ1n) is 38.1. The Hall–Kier alpha value is -8.54. The number of hydrogen-bond donors (Lipinski definition) is 14. The molecule has 1 aliphatic carbocycles. The topological polar surface area (TPSA) is 442 Å². The lowest BCUT2D eigenvalue weighted by Crippen LogP contribution is -2.64. The molecule has 30 heteroatoms. The Morgan fingerprint density at radius 2 is 1.13 bits per heavy atom. The fourth-order valence-corrected chi connectivity index (χ4v) is 13.0. The number of carbonyl (C=O) groups is 14. The summed E-state index contributed by atoms with van der Waals surface area (Å²) < 4.78 is 5.96. The number of allylic oxidation sites excluding steroid dienone is 1. The average molecular weight is 1490 g/mol. The third-order valence-corrected chi connectivity index (χ3v) is 20.4. The van der Waals surface area contributed by atoms with E-state index in [4.69, 9.17) is 10.5 Å². The summed E-state index contributed by atoms with van der Waals surface area (Å²) in [6, 6.07) is -7.64. The van der Waals surface area contributed by atoms with Crippen LogP contribution in [0.2, 0.25) is 0 Å². The summed E-state index contributed by atoms with van der Waals surface area (Å²) in [5.41, 5.74) is 6.35. The van der Waals surface area contributed by atoms with Crippen LogP contribution in [-0.4, -0.2) is 191 Å². The zero-order chi connectivity index (χ0) is 79.7. The molecule has 30 nitrogen and oxygen atoms in total. The molecule has 1 aromatic rings. The highest BCUT2D eigenvalue weighted by molar-refractivity contribution is 6.03. The summed E-state index contributed by atoms with van der Waals surface area (Å²) in [6.45, 7) is 29.9. The molecule has 0 bridgehead atoms. The van der Waals surface area contributed by atoms with Crippen LogP contribution >= 0.6 is 0 Å². The quantitative estimate of drug-likeness (QED) is 0.0386. The lowest BCUT2D eigenvalue weighted by molar-refractivity contribution is -0.157. The highest BCUT2D eigenvalue weighted by atomic mass is 16.5. The van der Waals surface area contributed by atoms with Gasteiger partial charge in [0.15, 0.2) is 0 Å². The molecule has 3 aliphatic rings. The molecular formula is C76H124N14O16. The molecule has 4 rings (SSSR count). The largest absolute Gasteiger partial charge is 0.458 e. The van der Waals surface area contributed by atoms with Gasteiger partial charge in [-0.3, -0.25) is 62.3 Å². The van der Waals surface area contributed by atoms with Crippen molar-refractivity contribution >= 4 is 82.8 Å². The molecule has 0 spiro atoms. The molecule has 1 saturated carbocycles. The molecule has 594 valence electrons. The van der Waals surface area contributed by atoms with E-state index >= 15 is 9.59 Å². The van der Waals surface area contributed by atoms with Gasteiger partial charge < -0.3 is 84.3 Å². The van der Waals surface area contributed by atoms with Crippen LogP contribution in [0.15, 0.2) is 42.1 Å². The van der Waals surface area contributed by atoms with Crippen molar-refractivity contribution in [3.8, 4) is 0 Å². The van der Waals surface area contributed by atoms with Crippen LogP contribution in [-0.2, 0) is 78.3 Å². The predicted molar refractivity (Wildman–Crippen MR) is 398 cm³/mol. The maximum absolute atomic E-state index is 15.1. The highest BCUT2D eigenvalue weighted by Gasteiger charge is 2.45. The van der Waals surface area contributed by atoms with Gasteiger partial charge in [0.1, 0.15) is 84.3 Å². The van der Waals surface area contributed by atoms with Gasteiger partial charge in [-0.1, -0.05) is 153 Å². The van der Waals surface area contributed by atoms with Crippen molar-refractivity contribution in [2.75, 3.05) is 13.1 Å². The second-order valence-corrected chi connectivity index (χ2v) is 30.8. The third-order valence-electron chi connectivity index (χ3n) is 20.4. The van der Waals surface area contributed by atoms with E-state index in [1.807, 2.05) is 0 Å². The van der Waals surface area contributed by atoms with Crippen LogP contribution in [0.25, 0.3) is 0 Å². The normalized spacial score (nSPS) is 24.7. The van der Waals surface area contributed by atoms with E-state index in [1.165, 1.54) is 31.7 Å². The molecule has 2 saturated heterocycles. The van der Waals surface area contributed by atoms with Gasteiger partial charge in [-0.05, 0) is 132 Å². The Morgan fingerprint density at radius 1 is 0.594 bits per heavy atom. The summed E-state index contributed by atoms with van der Waals surface area (Å²) in [4.78, 5) is 203. The van der Waals surface area contributed by atoms with Gasteiger partial charge in [0.25, 0.3) is 5.91 Å². The lowest BCUT2D eigenvalue weighted by atomic mass is 9.82. The van der Waals surface area contributed by atoms with Gasteiger partial charge in [0.05, 0.1) is 6.10 Å². The predicted octanol–water partition coefficient (Wildman–Crippen LogP) is 1.84. The van der Waals surface area contributed by atoms with Crippen molar-refractivity contribution in [1.82, 2.24) is 68.7 Å². The van der Waals surface area contributed by atoms with Gasteiger partial charge in [0, 0.05) is 18.9 Å². The Balaban J connectivity index is 1.63. The molecule has 0 aromatic heterocycles. The minimum Gasteiger partial charge on any atom is -0.458 e. The van der Waals surface area contributed by atoms with Gasteiger partial charge in [-0.25, -0.2) is 4.79 Å². The second kappa shape index (κ2) is 42.7. The molecule has 106 heavy (non-hydrogen) atoms. The number of hydrogen-bond acceptors (Lipinski definition) is 17. The molecule has 1 aromatic carbocycles. The van der Waals surface area contributed by atoms with Gasteiger partial charge in [-0.15, -0.1) is 0 Å². The first-order valence-corrected chi connectivity index (χ1v) is 38.1. The first-order chi connectivity index (χ1) is 49.8. The SMILES string of the molecule is C/C=C1\NC(=O)[C@H](Cc2ccccc2)NC(=O)[C@@H](C(C)C)NC(=O)[C@@H]([C@H](C)CC)NC(=O)[C@H](NC(=O)[C@H](NC(=O)[C@H](CCCN)NC(=O)[C@H]2CCCN2C(=O)[C@H](NC(=O)[C@@H](NC(=O)[C@@H](NC(=O)[C@H](NC(=O)C2CCC(C)CC2)C(C)C)[C@@H](C)O)C(C)C)C(C)C)[C@H](C)CC)[C@H](C)OC(=O)[C@H](C(C)C)NC1=O. The molecule has 2 heterocycles. The van der Waals surface area contributed by atoms with Crippen LogP contribution in [0.3, 0.4) is 0 Å². The van der Waals surface area contributed by atoms with Crippen molar-refractivity contribution < 1.29 is 77.0 Å². The summed E-state index contributed by atoms with van der Waals surface area (Å²) in [7, 11) is 0. The Kier molecular flexibility index (Phi) is 36.2. The Morgan fingerprint density at radius 3 is 1.67 bits per heavy atom. The molecule has 16 atom stereocenters. The summed E-state index contributed by atoms with van der Waals surface area (Å²) in [6.07, 6.45) is 2.56. The number of rotatable bonds is 30. The number of amides is 13. The lowest BCUT2D eigenvalue weighted by Gasteiger charge is -2.34. The van der Waals surface area contributed by atoms with Crippen LogP contribution in [0.4, 0.5) is 0 Å². The highest BCUT2D eigenvalue weighted by Crippen LogP contribution is 2.29. The summed E-state index contributed by atoms with van der Waals surface area (Å²) in [5, 5.41) is 43.4. The van der Waals surface area contributed by atoms with E-state index in [0.717, 1.165) is 12.8 Å². The van der Waals surface area contributed by atoms with Crippen LogP contribution in [0, 0.1) is 53.3 Å². The van der Waals surface area contributed by atoms with Crippen LogP contribution in [0.5, 0.6) is 0 Å². The molecular weight excluding hydrogens is 1360 g/mol. The maximum atomic E-state index is 15.1. The smallest absolute Gasteiger partial charge is 0.329 e. The number of ether oxygens (including phenoxy) is 1. The summed E-state index contributed by atoms with van der Waals surface area (Å²) in [5.74, 6) is -15.1. The number of benzene rings is 1. The molecule has 13 amide bonds. The Bertz CT molecular complexity index is 3230. The molecule has 3 fully saturated rings. The summed E-state index contributed by atoms with van der Waals surface area (Å²) >= 11 is 0. The molecule has 2 aliphatic heterocycles. The van der Waals surface area contributed by atoms with Crippen LogP contribution < -0.4 is 69.5 Å². The Labute approximate surface area is 625 Å². The van der Waals surface area contributed by atoms with Crippen LogP contribution in [0.1, 0.15) is 194 Å². The van der Waals surface area contributed by atoms with E-state index in [-0.39, 0.29) is 62.7 Å². The van der Waals surface area contributed by atoms with E-state index in [9.17, 15) is 62.6 Å².